The van der Waals surface area contributed by atoms with Crippen molar-refractivity contribution in [2.75, 3.05) is 6.54 Å². The third kappa shape index (κ3) is 4.24. The summed E-state index contributed by atoms with van der Waals surface area (Å²) in [7, 11) is 0. The second kappa shape index (κ2) is 7.17. The molecule has 0 fully saturated rings. The highest BCUT2D eigenvalue weighted by Gasteiger charge is 2.13. The molecule has 2 aromatic rings. The van der Waals surface area contributed by atoms with Crippen LogP contribution < -0.4 is 5.32 Å². The largest absolute Gasteiger partial charge is 0.387 e. The topological polar surface area (TPSA) is 92.5 Å². The molecule has 0 aromatic heterocycles. The van der Waals surface area contributed by atoms with E-state index in [1.165, 1.54) is 36.4 Å². The van der Waals surface area contributed by atoms with Crippen LogP contribution in [0.5, 0.6) is 0 Å². The lowest BCUT2D eigenvalue weighted by atomic mass is 10.1. The Balaban J connectivity index is 1.97. The number of nitro groups is 1. The highest BCUT2D eigenvalue weighted by molar-refractivity contribution is 6.30. The molecule has 0 heterocycles. The molecule has 0 aliphatic rings. The number of halogens is 2. The van der Waals surface area contributed by atoms with E-state index in [9.17, 15) is 24.4 Å². The van der Waals surface area contributed by atoms with E-state index < -0.39 is 22.8 Å². The highest BCUT2D eigenvalue weighted by Crippen LogP contribution is 2.20. The zero-order valence-electron chi connectivity index (χ0n) is 11.7. The summed E-state index contributed by atoms with van der Waals surface area (Å²) in [5.41, 5.74) is 0.360. The molecule has 0 saturated heterocycles. The minimum Gasteiger partial charge on any atom is -0.387 e. The predicted octanol–water partition coefficient (Wildman–Crippen LogP) is 2.85. The Kier molecular flexibility index (Phi) is 5.25. The fourth-order valence-electron chi connectivity index (χ4n) is 1.86. The first-order valence-corrected chi connectivity index (χ1v) is 6.92. The molecule has 1 atom stereocenters. The van der Waals surface area contributed by atoms with Crippen molar-refractivity contribution in [1.29, 1.82) is 0 Å². The molecule has 23 heavy (non-hydrogen) atoms. The second-order valence-electron chi connectivity index (χ2n) is 4.70. The monoisotopic (exact) mass is 338 g/mol. The smallest absolute Gasteiger partial charge is 0.269 e. The summed E-state index contributed by atoms with van der Waals surface area (Å²) in [4.78, 5) is 21.9. The SMILES string of the molecule is O=C(NCC(O)c1ccc(Cl)c(F)c1)c1ccc([N+](=O)[O-])cc1. The zero-order chi connectivity index (χ0) is 17.0. The molecule has 2 N–H and O–H groups in total. The maximum Gasteiger partial charge on any atom is 0.269 e. The molecule has 0 spiro atoms. The lowest BCUT2D eigenvalue weighted by Crippen LogP contribution is -2.28. The highest BCUT2D eigenvalue weighted by atomic mass is 35.5. The van der Waals surface area contributed by atoms with Gasteiger partial charge in [0.1, 0.15) is 5.82 Å². The van der Waals surface area contributed by atoms with Gasteiger partial charge in [0.2, 0.25) is 0 Å². The van der Waals surface area contributed by atoms with Crippen LogP contribution in [0, 0.1) is 15.9 Å². The Labute approximate surface area is 135 Å². The van der Waals surface area contributed by atoms with E-state index in [0.29, 0.717) is 0 Å². The number of amides is 1. The first-order chi connectivity index (χ1) is 10.9. The van der Waals surface area contributed by atoms with E-state index in [0.717, 1.165) is 6.07 Å². The second-order valence-corrected chi connectivity index (χ2v) is 5.11. The summed E-state index contributed by atoms with van der Waals surface area (Å²) < 4.78 is 13.3. The quantitative estimate of drug-likeness (QED) is 0.647. The summed E-state index contributed by atoms with van der Waals surface area (Å²) in [6.45, 7) is -0.142. The van der Waals surface area contributed by atoms with Crippen molar-refractivity contribution in [3.05, 3.63) is 74.5 Å². The van der Waals surface area contributed by atoms with Crippen LogP contribution in [-0.4, -0.2) is 22.5 Å². The summed E-state index contributed by atoms with van der Waals surface area (Å²) in [5.74, 6) is -1.17. The van der Waals surface area contributed by atoms with Crippen LogP contribution >= 0.6 is 11.6 Å². The van der Waals surface area contributed by atoms with E-state index in [2.05, 4.69) is 5.32 Å². The molecule has 120 valence electrons. The number of aliphatic hydroxyl groups excluding tert-OH is 1. The van der Waals surface area contributed by atoms with Gasteiger partial charge in [-0.25, -0.2) is 4.39 Å². The van der Waals surface area contributed by atoms with Gasteiger partial charge in [-0.15, -0.1) is 0 Å². The van der Waals surface area contributed by atoms with Gasteiger partial charge < -0.3 is 10.4 Å². The average Bonchev–Trinajstić information content (AvgIpc) is 2.54. The van der Waals surface area contributed by atoms with Crippen LogP contribution in [0.4, 0.5) is 10.1 Å². The number of benzene rings is 2. The van der Waals surface area contributed by atoms with Gasteiger partial charge >= 0.3 is 0 Å². The van der Waals surface area contributed by atoms with Crippen molar-refractivity contribution >= 4 is 23.2 Å². The van der Waals surface area contributed by atoms with Crippen molar-refractivity contribution in [2.24, 2.45) is 0 Å². The Morgan fingerprint density at radius 2 is 1.96 bits per heavy atom. The first-order valence-electron chi connectivity index (χ1n) is 6.54. The molecule has 0 bridgehead atoms. The third-order valence-electron chi connectivity index (χ3n) is 3.12. The van der Waals surface area contributed by atoms with E-state index in [-0.39, 0.29) is 28.4 Å². The Morgan fingerprint density at radius 1 is 1.30 bits per heavy atom. The molecular formula is C15H12ClFN2O4. The number of aliphatic hydroxyl groups is 1. The number of hydrogen-bond donors (Lipinski definition) is 2. The van der Waals surface area contributed by atoms with Gasteiger partial charge in [0.05, 0.1) is 16.0 Å². The number of non-ortho nitro benzene ring substituents is 1. The fraction of sp³-hybridized carbons (Fsp3) is 0.133. The van der Waals surface area contributed by atoms with Crippen LogP contribution in [0.1, 0.15) is 22.0 Å². The van der Waals surface area contributed by atoms with Crippen molar-refractivity contribution in [3.63, 3.8) is 0 Å². The van der Waals surface area contributed by atoms with Gasteiger partial charge in [-0.05, 0) is 29.8 Å². The van der Waals surface area contributed by atoms with Gasteiger partial charge in [-0.3, -0.25) is 14.9 Å². The van der Waals surface area contributed by atoms with Crippen LogP contribution in [0.25, 0.3) is 0 Å². The number of nitrogens with zero attached hydrogens (tertiary/aromatic N) is 1. The molecule has 0 saturated carbocycles. The van der Waals surface area contributed by atoms with Crippen molar-refractivity contribution in [1.82, 2.24) is 5.32 Å². The summed E-state index contributed by atoms with van der Waals surface area (Å²) in [6.07, 6.45) is -1.11. The van der Waals surface area contributed by atoms with Crippen molar-refractivity contribution < 1.29 is 19.2 Å². The lowest BCUT2D eigenvalue weighted by molar-refractivity contribution is -0.384. The van der Waals surface area contributed by atoms with E-state index in [1.54, 1.807) is 0 Å². The van der Waals surface area contributed by atoms with Crippen molar-refractivity contribution in [3.8, 4) is 0 Å². The van der Waals surface area contributed by atoms with Gasteiger partial charge in [0, 0.05) is 24.2 Å². The maximum absolute atomic E-state index is 13.3. The minimum atomic E-state index is -1.11. The van der Waals surface area contributed by atoms with Crippen LogP contribution in [0.15, 0.2) is 42.5 Å². The standard InChI is InChI=1S/C15H12ClFN2O4/c16-12-6-3-10(7-13(12)17)14(20)8-18-15(21)9-1-4-11(5-2-9)19(22)23/h1-7,14,20H,8H2,(H,18,21). The molecule has 0 aliphatic heterocycles. The molecule has 0 radical (unpaired) electrons. The van der Waals surface area contributed by atoms with E-state index in [4.69, 9.17) is 11.6 Å². The molecule has 1 unspecified atom stereocenters. The van der Waals surface area contributed by atoms with E-state index >= 15 is 0 Å². The Morgan fingerprint density at radius 3 is 2.52 bits per heavy atom. The maximum atomic E-state index is 13.3. The number of rotatable bonds is 5. The number of hydrogen-bond acceptors (Lipinski definition) is 4. The van der Waals surface area contributed by atoms with Crippen LogP contribution in [0.3, 0.4) is 0 Å². The number of nitro benzene ring substituents is 1. The summed E-state index contributed by atoms with van der Waals surface area (Å²) in [6, 6.07) is 8.89. The van der Waals surface area contributed by atoms with Gasteiger partial charge in [-0.1, -0.05) is 17.7 Å². The number of carbonyl (C=O) groups excluding carboxylic acids is 1. The third-order valence-corrected chi connectivity index (χ3v) is 3.43. The molecule has 2 rings (SSSR count). The van der Waals surface area contributed by atoms with Gasteiger partial charge in [0.25, 0.3) is 11.6 Å². The normalized spacial score (nSPS) is 11.8. The average molecular weight is 339 g/mol. The molecule has 2 aromatic carbocycles. The summed E-state index contributed by atoms with van der Waals surface area (Å²) in [5, 5.41) is 22.9. The first kappa shape index (κ1) is 16.9. The van der Waals surface area contributed by atoms with Gasteiger partial charge in [0.15, 0.2) is 0 Å². The number of nitrogens with one attached hydrogen (secondary N) is 1. The van der Waals surface area contributed by atoms with Gasteiger partial charge in [-0.2, -0.15) is 0 Å². The lowest BCUT2D eigenvalue weighted by Gasteiger charge is -2.12. The van der Waals surface area contributed by atoms with Crippen molar-refractivity contribution in [2.45, 2.75) is 6.10 Å². The van der Waals surface area contributed by atoms with Crippen LogP contribution in [0.2, 0.25) is 5.02 Å². The fourth-order valence-corrected chi connectivity index (χ4v) is 1.98. The number of carbonyl (C=O) groups is 1. The zero-order valence-corrected chi connectivity index (χ0v) is 12.5. The minimum absolute atomic E-state index is 0.0594. The van der Waals surface area contributed by atoms with Crippen LogP contribution in [-0.2, 0) is 0 Å². The molecule has 6 nitrogen and oxygen atoms in total. The molecule has 8 heteroatoms. The molecule has 0 aliphatic carbocycles. The Bertz CT molecular complexity index is 737. The summed E-state index contributed by atoms with van der Waals surface area (Å²) >= 11 is 5.55. The predicted molar refractivity (Wildman–Crippen MR) is 81.8 cm³/mol. The molecular weight excluding hydrogens is 327 g/mol. The molecule has 1 amide bonds. The Hall–Kier alpha value is -2.51. The van der Waals surface area contributed by atoms with E-state index in [1.807, 2.05) is 0 Å².